The van der Waals surface area contributed by atoms with Crippen molar-refractivity contribution in [3.63, 3.8) is 0 Å². The number of rotatable bonds is 1. The van der Waals surface area contributed by atoms with Crippen LogP contribution < -0.4 is 0 Å². The monoisotopic (exact) mass is 381 g/mol. The molecule has 0 saturated heterocycles. The van der Waals surface area contributed by atoms with E-state index in [4.69, 9.17) is 4.74 Å². The van der Waals surface area contributed by atoms with Gasteiger partial charge in [-0.15, -0.1) is 0 Å². The minimum atomic E-state index is -0.0870. The van der Waals surface area contributed by atoms with Crippen molar-refractivity contribution in [3.8, 4) is 0 Å². The van der Waals surface area contributed by atoms with E-state index in [0.29, 0.717) is 12.3 Å². The van der Waals surface area contributed by atoms with Crippen LogP contribution in [0.2, 0.25) is 0 Å². The number of fused-ring (bicyclic) bond motifs is 4. The highest BCUT2D eigenvalue weighted by Crippen LogP contribution is 2.57. The van der Waals surface area contributed by atoms with Crippen LogP contribution in [0, 0.1) is 11.3 Å². The lowest BCUT2D eigenvalue weighted by Crippen LogP contribution is -2.40. The van der Waals surface area contributed by atoms with E-state index < -0.39 is 0 Å². The first-order chi connectivity index (χ1) is 14.1. The van der Waals surface area contributed by atoms with E-state index in [0.717, 1.165) is 36.2 Å². The first-order valence-electron chi connectivity index (χ1n) is 10.5. The van der Waals surface area contributed by atoms with E-state index in [2.05, 4.69) is 60.5 Å². The molecule has 1 aliphatic heterocycles. The predicted octanol–water partition coefficient (Wildman–Crippen LogP) is 5.55. The lowest BCUT2D eigenvalue weighted by molar-refractivity contribution is -0.116. The Morgan fingerprint density at radius 3 is 3.07 bits per heavy atom. The first kappa shape index (κ1) is 17.0. The number of allylic oxidation sites excluding steroid dienone is 6. The molecule has 0 spiro atoms. The molecule has 0 bridgehead atoms. The van der Waals surface area contributed by atoms with Gasteiger partial charge in [-0.2, -0.15) is 0 Å². The first-order valence-corrected chi connectivity index (χ1v) is 10.5. The Morgan fingerprint density at radius 1 is 1.21 bits per heavy atom. The molecule has 3 atom stereocenters. The van der Waals surface area contributed by atoms with Crippen LogP contribution in [0.5, 0.6) is 0 Å². The molecule has 29 heavy (non-hydrogen) atoms. The summed E-state index contributed by atoms with van der Waals surface area (Å²) in [5.74, 6) is 1.49. The van der Waals surface area contributed by atoms with Gasteiger partial charge in [0.15, 0.2) is 5.78 Å². The fraction of sp³-hybridized carbons (Fsp3) is 0.308. The van der Waals surface area contributed by atoms with Crippen LogP contribution in [0.15, 0.2) is 77.9 Å². The second kappa shape index (κ2) is 6.03. The molecule has 0 radical (unpaired) electrons. The Labute approximate surface area is 170 Å². The third kappa shape index (κ3) is 2.37. The van der Waals surface area contributed by atoms with Gasteiger partial charge in [-0.25, -0.2) is 0 Å². The summed E-state index contributed by atoms with van der Waals surface area (Å²) in [4.78, 5) is 16.6. The summed E-state index contributed by atoms with van der Waals surface area (Å²) in [6.07, 6.45) is 16.3. The zero-order chi connectivity index (χ0) is 19.6. The van der Waals surface area contributed by atoms with E-state index in [1.807, 2.05) is 12.4 Å². The number of hydrogen-bond donors (Lipinski definition) is 0. The SMILES string of the molecule is C[C@]12C=CC3=CC4=C(CCCC4=O)O[C@H]3[C@@H]1CC=C2c1cccc2cnccc12. The number of hydrogen-bond acceptors (Lipinski definition) is 3. The molecule has 0 N–H and O–H groups in total. The molecule has 2 aromatic rings. The Morgan fingerprint density at radius 2 is 2.14 bits per heavy atom. The number of benzene rings is 1. The Bertz CT molecular complexity index is 1180. The second-order valence-electron chi connectivity index (χ2n) is 8.77. The number of carbonyl (C=O) groups excluding carboxylic acids is 1. The van der Waals surface area contributed by atoms with Crippen LogP contribution >= 0.6 is 0 Å². The standard InChI is InChI=1S/C26H23NO2/c1-26-12-10-16-14-20-23(28)6-3-7-24(20)29-25(16)22(26)9-8-21(26)19-5-2-4-17-15-27-13-11-18(17)19/h2,4-5,8,10-15,22,25H,3,6-7,9H2,1H3/t22-,25+,26+/m0/s1. The molecule has 4 aliphatic rings. The number of nitrogens with zero attached hydrogens (tertiary/aromatic N) is 1. The highest BCUT2D eigenvalue weighted by atomic mass is 16.5. The van der Waals surface area contributed by atoms with Gasteiger partial charge in [0.2, 0.25) is 0 Å². The van der Waals surface area contributed by atoms with E-state index in [-0.39, 0.29) is 17.3 Å². The van der Waals surface area contributed by atoms with Gasteiger partial charge in [0.25, 0.3) is 0 Å². The van der Waals surface area contributed by atoms with Crippen LogP contribution in [0.4, 0.5) is 0 Å². The van der Waals surface area contributed by atoms with Crippen molar-refractivity contribution in [1.82, 2.24) is 4.98 Å². The molecule has 6 rings (SSSR count). The van der Waals surface area contributed by atoms with Gasteiger partial charge in [0, 0.05) is 42.0 Å². The minimum absolute atomic E-state index is 0.0278. The topological polar surface area (TPSA) is 39.2 Å². The van der Waals surface area contributed by atoms with Crippen molar-refractivity contribution in [2.45, 2.75) is 38.7 Å². The zero-order valence-corrected chi connectivity index (χ0v) is 16.5. The van der Waals surface area contributed by atoms with Gasteiger partial charge in [0.1, 0.15) is 11.9 Å². The third-order valence-corrected chi connectivity index (χ3v) is 7.20. The molecule has 3 nitrogen and oxygen atoms in total. The maximum absolute atomic E-state index is 12.3. The van der Waals surface area contributed by atoms with Gasteiger partial charge >= 0.3 is 0 Å². The summed E-state index contributed by atoms with van der Waals surface area (Å²) in [7, 11) is 0. The van der Waals surface area contributed by atoms with Crippen molar-refractivity contribution in [3.05, 3.63) is 83.4 Å². The summed E-state index contributed by atoms with van der Waals surface area (Å²) in [6, 6.07) is 8.58. The number of carbonyl (C=O) groups is 1. The number of ketones is 1. The predicted molar refractivity (Wildman–Crippen MR) is 114 cm³/mol. The van der Waals surface area contributed by atoms with Crippen LogP contribution in [0.25, 0.3) is 16.3 Å². The lowest BCUT2D eigenvalue weighted by Gasteiger charge is -2.43. The maximum Gasteiger partial charge on any atom is 0.166 e. The molecule has 0 unspecified atom stereocenters. The summed E-state index contributed by atoms with van der Waals surface area (Å²) in [6.45, 7) is 2.34. The van der Waals surface area contributed by atoms with Gasteiger partial charge in [-0.3, -0.25) is 9.78 Å². The minimum Gasteiger partial charge on any atom is -0.489 e. The van der Waals surface area contributed by atoms with Crippen LogP contribution in [-0.2, 0) is 9.53 Å². The Hall–Kier alpha value is -2.94. The molecule has 3 aliphatic carbocycles. The normalized spacial score (nSPS) is 30.3. The van der Waals surface area contributed by atoms with Crippen molar-refractivity contribution >= 4 is 22.1 Å². The van der Waals surface area contributed by atoms with Crippen molar-refractivity contribution in [2.75, 3.05) is 0 Å². The number of Topliss-reactive ketones (excluding diaryl/α,β-unsaturated/α-hetero) is 1. The fourth-order valence-corrected chi connectivity index (χ4v) is 5.63. The number of aromatic nitrogens is 1. The van der Waals surface area contributed by atoms with Gasteiger partial charge < -0.3 is 4.74 Å². The average Bonchev–Trinajstić information content (AvgIpc) is 3.10. The second-order valence-corrected chi connectivity index (χ2v) is 8.77. The molecule has 0 fully saturated rings. The largest absolute Gasteiger partial charge is 0.489 e. The number of pyridine rings is 1. The molecule has 2 heterocycles. The maximum atomic E-state index is 12.3. The summed E-state index contributed by atoms with van der Waals surface area (Å²) in [5, 5.41) is 2.42. The molecule has 3 heteroatoms. The van der Waals surface area contributed by atoms with E-state index in [9.17, 15) is 4.79 Å². The van der Waals surface area contributed by atoms with Crippen LogP contribution in [0.3, 0.4) is 0 Å². The van der Waals surface area contributed by atoms with Gasteiger partial charge in [-0.1, -0.05) is 43.4 Å². The van der Waals surface area contributed by atoms with E-state index in [1.54, 1.807) is 0 Å². The summed E-state index contributed by atoms with van der Waals surface area (Å²) in [5.41, 5.74) is 4.53. The Kier molecular flexibility index (Phi) is 3.53. The smallest absolute Gasteiger partial charge is 0.166 e. The summed E-state index contributed by atoms with van der Waals surface area (Å²) >= 11 is 0. The summed E-state index contributed by atoms with van der Waals surface area (Å²) < 4.78 is 6.51. The van der Waals surface area contributed by atoms with Gasteiger partial charge in [-0.05, 0) is 47.1 Å². The molecular weight excluding hydrogens is 358 g/mol. The van der Waals surface area contributed by atoms with E-state index in [1.165, 1.54) is 21.9 Å². The van der Waals surface area contributed by atoms with Crippen molar-refractivity contribution in [2.24, 2.45) is 11.3 Å². The molecule has 144 valence electrons. The van der Waals surface area contributed by atoms with Crippen LogP contribution in [-0.4, -0.2) is 16.9 Å². The highest BCUT2D eigenvalue weighted by Gasteiger charge is 2.49. The third-order valence-electron chi connectivity index (χ3n) is 7.20. The fourth-order valence-electron chi connectivity index (χ4n) is 5.63. The molecular formula is C26H23NO2. The molecule has 0 saturated carbocycles. The van der Waals surface area contributed by atoms with Gasteiger partial charge in [0.05, 0.1) is 5.57 Å². The quantitative estimate of drug-likeness (QED) is 0.650. The molecule has 1 aromatic carbocycles. The lowest BCUT2D eigenvalue weighted by atomic mass is 9.65. The zero-order valence-electron chi connectivity index (χ0n) is 16.5. The van der Waals surface area contributed by atoms with E-state index >= 15 is 0 Å². The van der Waals surface area contributed by atoms with Crippen LogP contribution in [0.1, 0.15) is 38.2 Å². The highest BCUT2D eigenvalue weighted by molar-refractivity contribution is 6.00. The molecule has 1 aromatic heterocycles. The Balaban J connectivity index is 1.43. The molecule has 0 amide bonds. The van der Waals surface area contributed by atoms with Crippen molar-refractivity contribution < 1.29 is 9.53 Å². The average molecular weight is 381 g/mol. The van der Waals surface area contributed by atoms with Crippen molar-refractivity contribution in [1.29, 1.82) is 0 Å². The number of ether oxygens (including phenoxy) is 1.